The fraction of sp³-hybridized carbons (Fsp3) is 0.526. The van der Waals surface area contributed by atoms with Gasteiger partial charge in [0.25, 0.3) is 11.8 Å². The highest BCUT2D eigenvalue weighted by Gasteiger charge is 2.29. The van der Waals surface area contributed by atoms with Gasteiger partial charge in [0, 0.05) is 24.6 Å². The Morgan fingerprint density at radius 3 is 2.81 bits per heavy atom. The van der Waals surface area contributed by atoms with E-state index in [1.54, 1.807) is 13.2 Å². The maximum absolute atomic E-state index is 12.6. The fourth-order valence-electron chi connectivity index (χ4n) is 3.19. The van der Waals surface area contributed by atoms with Crippen LogP contribution in [0.5, 0.6) is 5.75 Å². The molecule has 1 aliphatic heterocycles. The first kappa shape index (κ1) is 17.0. The van der Waals surface area contributed by atoms with Crippen LogP contribution < -0.4 is 4.74 Å². The lowest BCUT2D eigenvalue weighted by Crippen LogP contribution is -2.40. The van der Waals surface area contributed by atoms with Gasteiger partial charge < -0.3 is 18.9 Å². The molecule has 1 amide bonds. The van der Waals surface area contributed by atoms with Gasteiger partial charge in [0.2, 0.25) is 0 Å². The Bertz CT molecular complexity index is 764. The van der Waals surface area contributed by atoms with Crippen molar-refractivity contribution < 1.29 is 18.8 Å². The predicted octanol–water partition coefficient (Wildman–Crippen LogP) is 2.78. The van der Waals surface area contributed by atoms with Crippen molar-refractivity contribution in [1.82, 2.24) is 15.0 Å². The maximum Gasteiger partial charge on any atom is 0.253 e. The van der Waals surface area contributed by atoms with Crippen molar-refractivity contribution in [3.63, 3.8) is 0 Å². The Labute approximate surface area is 152 Å². The van der Waals surface area contributed by atoms with Crippen molar-refractivity contribution in [3.8, 4) is 5.75 Å². The number of amides is 1. The minimum atomic E-state index is 0.0355. The van der Waals surface area contributed by atoms with Gasteiger partial charge in [-0.15, -0.1) is 0 Å². The largest absolute Gasteiger partial charge is 0.497 e. The minimum Gasteiger partial charge on any atom is -0.497 e. The zero-order valence-electron chi connectivity index (χ0n) is 14.9. The minimum absolute atomic E-state index is 0.0355. The van der Waals surface area contributed by atoms with E-state index < -0.39 is 0 Å². The van der Waals surface area contributed by atoms with Gasteiger partial charge in [-0.05, 0) is 43.9 Å². The molecular formula is C19H23N3O4. The first-order valence-corrected chi connectivity index (χ1v) is 9.10. The normalized spacial score (nSPS) is 18.1. The summed E-state index contributed by atoms with van der Waals surface area (Å²) in [6.45, 7) is 1.70. The van der Waals surface area contributed by atoms with E-state index in [0.717, 1.165) is 31.5 Å². The molecule has 1 aromatic heterocycles. The number of nitrogens with zero attached hydrogens (tertiary/aromatic N) is 3. The van der Waals surface area contributed by atoms with Crippen molar-refractivity contribution >= 4 is 5.91 Å². The molecule has 1 aliphatic carbocycles. The van der Waals surface area contributed by atoms with E-state index in [0.29, 0.717) is 42.8 Å². The highest BCUT2D eigenvalue weighted by Crippen LogP contribution is 2.38. The quantitative estimate of drug-likeness (QED) is 0.791. The molecule has 2 aromatic rings. The van der Waals surface area contributed by atoms with Gasteiger partial charge in [0.05, 0.1) is 13.2 Å². The summed E-state index contributed by atoms with van der Waals surface area (Å²) in [5.41, 5.74) is 0.655. The van der Waals surface area contributed by atoms with E-state index in [1.807, 2.05) is 23.1 Å². The highest BCUT2D eigenvalue weighted by molar-refractivity contribution is 5.94. The molecule has 2 aliphatic rings. The number of likely N-dealkylation sites (tertiary alicyclic amines) is 1. The number of hydrogen-bond donors (Lipinski definition) is 0. The molecule has 2 fully saturated rings. The number of ether oxygens (including phenoxy) is 2. The molecular weight excluding hydrogens is 334 g/mol. The molecule has 0 radical (unpaired) electrons. The third kappa shape index (κ3) is 3.88. The second kappa shape index (κ2) is 7.45. The molecule has 0 atom stereocenters. The number of benzene rings is 1. The summed E-state index contributed by atoms with van der Waals surface area (Å²) in [5.74, 6) is 2.56. The second-order valence-electron chi connectivity index (χ2n) is 6.86. The van der Waals surface area contributed by atoms with Gasteiger partial charge in [-0.2, -0.15) is 4.98 Å². The number of aromatic nitrogens is 2. The van der Waals surface area contributed by atoms with Gasteiger partial charge in [-0.25, -0.2) is 0 Å². The van der Waals surface area contributed by atoms with Crippen LogP contribution in [0.2, 0.25) is 0 Å². The average molecular weight is 357 g/mol. The van der Waals surface area contributed by atoms with Crippen LogP contribution in [0.1, 0.15) is 53.7 Å². The van der Waals surface area contributed by atoms with E-state index >= 15 is 0 Å². The molecule has 1 aromatic carbocycles. The number of piperidine rings is 1. The monoisotopic (exact) mass is 357 g/mol. The van der Waals surface area contributed by atoms with E-state index in [4.69, 9.17) is 14.0 Å². The third-order valence-electron chi connectivity index (χ3n) is 4.91. The molecule has 0 unspecified atom stereocenters. The number of hydrogen-bond acceptors (Lipinski definition) is 6. The molecule has 2 heterocycles. The summed E-state index contributed by atoms with van der Waals surface area (Å²) >= 11 is 0. The highest BCUT2D eigenvalue weighted by atomic mass is 16.5. The Morgan fingerprint density at radius 2 is 2.08 bits per heavy atom. The van der Waals surface area contributed by atoms with Crippen LogP contribution in [-0.4, -0.2) is 47.3 Å². The molecule has 26 heavy (non-hydrogen) atoms. The predicted molar refractivity (Wildman–Crippen MR) is 93.0 cm³/mol. The van der Waals surface area contributed by atoms with Crippen molar-refractivity contribution in [2.45, 2.75) is 44.3 Å². The van der Waals surface area contributed by atoms with E-state index in [-0.39, 0.29) is 12.0 Å². The summed E-state index contributed by atoms with van der Waals surface area (Å²) in [5, 5.41) is 4.00. The first-order chi connectivity index (χ1) is 12.7. The van der Waals surface area contributed by atoms with Crippen molar-refractivity contribution in [1.29, 1.82) is 0 Å². The molecule has 7 nitrogen and oxygen atoms in total. The summed E-state index contributed by atoms with van der Waals surface area (Å²) in [7, 11) is 1.60. The standard InChI is InChI=1S/C19H23N3O4/c1-24-16-4-2-3-14(11-16)19(23)22-9-7-15(8-10-22)25-12-17-20-18(21-26-17)13-5-6-13/h2-4,11,13,15H,5-10,12H2,1H3. The molecule has 0 spiro atoms. The molecule has 0 N–H and O–H groups in total. The van der Waals surface area contributed by atoms with Crippen LogP contribution in [0, 0.1) is 0 Å². The summed E-state index contributed by atoms with van der Waals surface area (Å²) < 4.78 is 16.3. The van der Waals surface area contributed by atoms with E-state index in [9.17, 15) is 4.79 Å². The van der Waals surface area contributed by atoms with Gasteiger partial charge >= 0.3 is 0 Å². The SMILES string of the molecule is COc1cccc(C(=O)N2CCC(OCc3nc(C4CC4)no3)CC2)c1. The maximum atomic E-state index is 12.6. The first-order valence-electron chi connectivity index (χ1n) is 9.10. The van der Waals surface area contributed by atoms with Crippen LogP contribution in [0.15, 0.2) is 28.8 Å². The van der Waals surface area contributed by atoms with Gasteiger partial charge in [0.15, 0.2) is 5.82 Å². The number of carbonyl (C=O) groups is 1. The number of methoxy groups -OCH3 is 1. The van der Waals surface area contributed by atoms with Gasteiger partial charge in [0.1, 0.15) is 12.4 Å². The third-order valence-corrected chi connectivity index (χ3v) is 4.91. The summed E-state index contributed by atoms with van der Waals surface area (Å²) in [4.78, 5) is 18.9. The lowest BCUT2D eigenvalue weighted by molar-refractivity contribution is -0.00978. The van der Waals surface area contributed by atoms with Crippen molar-refractivity contribution in [2.24, 2.45) is 0 Å². The zero-order valence-corrected chi connectivity index (χ0v) is 14.9. The number of rotatable bonds is 6. The molecule has 1 saturated heterocycles. The fourth-order valence-corrected chi connectivity index (χ4v) is 3.19. The molecule has 1 saturated carbocycles. The Morgan fingerprint density at radius 1 is 1.27 bits per heavy atom. The summed E-state index contributed by atoms with van der Waals surface area (Å²) in [6.07, 6.45) is 4.03. The lowest BCUT2D eigenvalue weighted by atomic mass is 10.1. The molecule has 7 heteroatoms. The molecule has 0 bridgehead atoms. The van der Waals surface area contributed by atoms with Crippen LogP contribution in [0.4, 0.5) is 0 Å². The van der Waals surface area contributed by atoms with E-state index in [1.165, 1.54) is 0 Å². The van der Waals surface area contributed by atoms with Crippen molar-refractivity contribution in [2.75, 3.05) is 20.2 Å². The van der Waals surface area contributed by atoms with Crippen LogP contribution in [-0.2, 0) is 11.3 Å². The van der Waals surface area contributed by atoms with Gasteiger partial charge in [-0.1, -0.05) is 11.2 Å². The summed E-state index contributed by atoms with van der Waals surface area (Å²) in [6, 6.07) is 7.27. The Balaban J connectivity index is 1.25. The average Bonchev–Trinajstić information content (AvgIpc) is 3.44. The van der Waals surface area contributed by atoms with Crippen LogP contribution >= 0.6 is 0 Å². The Hall–Kier alpha value is -2.41. The van der Waals surface area contributed by atoms with E-state index in [2.05, 4.69) is 10.1 Å². The smallest absolute Gasteiger partial charge is 0.253 e. The van der Waals surface area contributed by atoms with Crippen LogP contribution in [0.3, 0.4) is 0 Å². The molecule has 138 valence electrons. The van der Waals surface area contributed by atoms with Crippen LogP contribution in [0.25, 0.3) is 0 Å². The molecule has 4 rings (SSSR count). The second-order valence-corrected chi connectivity index (χ2v) is 6.86. The Kier molecular flexibility index (Phi) is 4.88. The van der Waals surface area contributed by atoms with Gasteiger partial charge in [-0.3, -0.25) is 4.79 Å². The van der Waals surface area contributed by atoms with Crippen molar-refractivity contribution in [3.05, 3.63) is 41.5 Å². The lowest BCUT2D eigenvalue weighted by Gasteiger charge is -2.31. The zero-order chi connectivity index (χ0) is 17.9. The number of carbonyl (C=O) groups excluding carboxylic acids is 1. The topological polar surface area (TPSA) is 77.7 Å².